The van der Waals surface area contributed by atoms with Crippen molar-refractivity contribution in [2.45, 2.75) is 58.3 Å². The molecule has 4 atom stereocenters. The number of aliphatic hydroxyl groups is 2. The number of hydrogen-bond acceptors (Lipinski definition) is 3. The van der Waals surface area contributed by atoms with Crippen molar-refractivity contribution in [2.24, 2.45) is 11.8 Å². The molecule has 2 N–H and O–H groups in total. The third kappa shape index (κ3) is 5.30. The van der Waals surface area contributed by atoms with E-state index >= 15 is 0 Å². The van der Waals surface area contributed by atoms with E-state index < -0.39 is 20.5 Å². The Morgan fingerprint density at radius 2 is 1.40 bits per heavy atom. The molecular formula is C26H38O3Si. The summed E-state index contributed by atoms with van der Waals surface area (Å²) in [6.45, 7) is 14.7. The molecule has 0 bridgehead atoms. The molecule has 3 nitrogen and oxygen atoms in total. The van der Waals surface area contributed by atoms with Crippen molar-refractivity contribution in [1.82, 2.24) is 0 Å². The van der Waals surface area contributed by atoms with E-state index in [2.05, 4.69) is 75.9 Å². The summed E-state index contributed by atoms with van der Waals surface area (Å²) in [6.07, 6.45) is 0.949. The minimum Gasteiger partial charge on any atom is -0.407 e. The third-order valence-electron chi connectivity index (χ3n) is 6.21. The molecule has 2 aromatic carbocycles. The summed E-state index contributed by atoms with van der Waals surface area (Å²) in [5, 5.41) is 23.5. The largest absolute Gasteiger partial charge is 0.407 e. The lowest BCUT2D eigenvalue weighted by molar-refractivity contribution is -0.00480. The average Bonchev–Trinajstić information content (AvgIpc) is 2.75. The van der Waals surface area contributed by atoms with Crippen LogP contribution in [0.5, 0.6) is 0 Å². The average molecular weight is 427 g/mol. The van der Waals surface area contributed by atoms with Gasteiger partial charge in [0.1, 0.15) is 0 Å². The number of hydrogen-bond donors (Lipinski definition) is 2. The van der Waals surface area contributed by atoms with Gasteiger partial charge in [-0.25, -0.2) is 0 Å². The van der Waals surface area contributed by atoms with Gasteiger partial charge < -0.3 is 14.6 Å². The number of aliphatic hydroxyl groups excluding tert-OH is 2. The first kappa shape index (κ1) is 24.5. The first-order chi connectivity index (χ1) is 14.1. The van der Waals surface area contributed by atoms with E-state index in [1.54, 1.807) is 6.08 Å². The van der Waals surface area contributed by atoms with E-state index in [1.807, 2.05) is 26.0 Å². The summed E-state index contributed by atoms with van der Waals surface area (Å²) in [7, 11) is -2.60. The molecule has 0 radical (unpaired) electrons. The zero-order valence-electron chi connectivity index (χ0n) is 19.1. The molecule has 0 heterocycles. The van der Waals surface area contributed by atoms with Gasteiger partial charge in [-0.1, -0.05) is 101 Å². The smallest absolute Gasteiger partial charge is 0.261 e. The van der Waals surface area contributed by atoms with Crippen LogP contribution in [0, 0.1) is 11.8 Å². The Morgan fingerprint density at radius 1 is 0.933 bits per heavy atom. The van der Waals surface area contributed by atoms with Gasteiger partial charge in [0, 0.05) is 18.4 Å². The summed E-state index contributed by atoms with van der Waals surface area (Å²) in [4.78, 5) is 0. The summed E-state index contributed by atoms with van der Waals surface area (Å²) in [5.74, 6) is -0.312. The molecule has 0 aromatic heterocycles. The van der Waals surface area contributed by atoms with Crippen molar-refractivity contribution >= 4 is 18.7 Å². The lowest BCUT2D eigenvalue weighted by Gasteiger charge is -2.43. The fourth-order valence-electron chi connectivity index (χ4n) is 4.20. The first-order valence-corrected chi connectivity index (χ1v) is 12.8. The van der Waals surface area contributed by atoms with Crippen LogP contribution in [0.25, 0.3) is 0 Å². The molecule has 0 aliphatic heterocycles. The highest BCUT2D eigenvalue weighted by atomic mass is 28.4. The maximum Gasteiger partial charge on any atom is 0.261 e. The van der Waals surface area contributed by atoms with E-state index in [4.69, 9.17) is 4.43 Å². The van der Waals surface area contributed by atoms with Crippen LogP contribution in [0.15, 0.2) is 73.3 Å². The molecule has 164 valence electrons. The molecule has 0 amide bonds. The van der Waals surface area contributed by atoms with Crippen molar-refractivity contribution in [1.29, 1.82) is 0 Å². The summed E-state index contributed by atoms with van der Waals surface area (Å²) in [6, 6.07) is 21.0. The van der Waals surface area contributed by atoms with E-state index in [-0.39, 0.29) is 16.9 Å². The zero-order valence-corrected chi connectivity index (χ0v) is 20.1. The van der Waals surface area contributed by atoms with Crippen molar-refractivity contribution in [3.8, 4) is 0 Å². The van der Waals surface area contributed by atoms with Crippen molar-refractivity contribution < 1.29 is 14.6 Å². The summed E-state index contributed by atoms with van der Waals surface area (Å²) < 4.78 is 6.83. The van der Waals surface area contributed by atoms with E-state index in [9.17, 15) is 10.2 Å². The standard InChI is InChI=1S/C26H38O3Si/c1-7-20(2)25(28)21(3)24(27)18-19-29-30(26(4,5)6,22-14-10-8-11-15-22)23-16-12-9-13-17-23/h7-17,20-21,24-25,27-28H,1,18-19H2,2-6H3/t20-,21-,24-,25+/m0/s1. The summed E-state index contributed by atoms with van der Waals surface area (Å²) in [5.41, 5.74) is 0. The predicted octanol–water partition coefficient (Wildman–Crippen LogP) is 4.13. The molecule has 2 rings (SSSR count). The second kappa shape index (κ2) is 10.5. The third-order valence-corrected chi connectivity index (χ3v) is 11.2. The van der Waals surface area contributed by atoms with Crippen LogP contribution < -0.4 is 10.4 Å². The Labute approximate surface area is 183 Å². The highest BCUT2D eigenvalue weighted by molar-refractivity contribution is 6.99. The first-order valence-electron chi connectivity index (χ1n) is 10.9. The van der Waals surface area contributed by atoms with Gasteiger partial charge in [0.05, 0.1) is 12.2 Å². The van der Waals surface area contributed by atoms with Gasteiger partial charge in [0.2, 0.25) is 0 Å². The Hall–Kier alpha value is -1.72. The highest BCUT2D eigenvalue weighted by Crippen LogP contribution is 2.37. The van der Waals surface area contributed by atoms with E-state index in [0.29, 0.717) is 13.0 Å². The molecule has 2 aromatic rings. The van der Waals surface area contributed by atoms with Crippen LogP contribution in [0.4, 0.5) is 0 Å². The van der Waals surface area contributed by atoms with Gasteiger partial charge >= 0.3 is 0 Å². The minimum atomic E-state index is -2.60. The maximum absolute atomic E-state index is 10.7. The van der Waals surface area contributed by atoms with Gasteiger partial charge in [-0.2, -0.15) is 0 Å². The molecule has 0 aliphatic rings. The maximum atomic E-state index is 10.7. The quantitative estimate of drug-likeness (QED) is 0.444. The lowest BCUT2D eigenvalue weighted by atomic mass is 9.88. The van der Waals surface area contributed by atoms with Gasteiger partial charge in [-0.15, -0.1) is 6.58 Å². The van der Waals surface area contributed by atoms with Gasteiger partial charge in [-0.3, -0.25) is 0 Å². The van der Waals surface area contributed by atoms with Crippen molar-refractivity contribution in [3.05, 3.63) is 73.3 Å². The molecule has 30 heavy (non-hydrogen) atoms. The topological polar surface area (TPSA) is 49.7 Å². The SMILES string of the molecule is C=C[C@H](C)[C@@H](O)[C@@H](C)[C@@H](O)CCO[Si](c1ccccc1)(c1ccccc1)C(C)(C)C. The minimum absolute atomic E-state index is 0.0627. The van der Waals surface area contributed by atoms with Gasteiger partial charge in [-0.05, 0) is 21.8 Å². The Morgan fingerprint density at radius 3 is 1.80 bits per heavy atom. The second-order valence-corrected chi connectivity index (χ2v) is 13.6. The van der Waals surface area contributed by atoms with Crippen LogP contribution in [0.1, 0.15) is 41.0 Å². The fraction of sp³-hybridized carbons (Fsp3) is 0.462. The Bertz CT molecular complexity index is 730. The van der Waals surface area contributed by atoms with E-state index in [1.165, 1.54) is 10.4 Å². The molecule has 0 fully saturated rings. The molecule has 0 aliphatic carbocycles. The predicted molar refractivity (Wildman–Crippen MR) is 129 cm³/mol. The lowest BCUT2D eigenvalue weighted by Crippen LogP contribution is -2.66. The molecule has 0 spiro atoms. The normalized spacial score (nSPS) is 16.5. The molecule has 4 heteroatoms. The second-order valence-electron chi connectivity index (χ2n) is 9.31. The van der Waals surface area contributed by atoms with Gasteiger partial charge in [0.25, 0.3) is 8.32 Å². The zero-order chi connectivity index (χ0) is 22.4. The van der Waals surface area contributed by atoms with Crippen LogP contribution >= 0.6 is 0 Å². The molecule has 0 saturated heterocycles. The monoisotopic (exact) mass is 426 g/mol. The van der Waals surface area contributed by atoms with Crippen molar-refractivity contribution in [2.75, 3.05) is 6.61 Å². The molecule has 0 unspecified atom stereocenters. The van der Waals surface area contributed by atoms with Crippen LogP contribution in [-0.4, -0.2) is 37.3 Å². The van der Waals surface area contributed by atoms with Crippen LogP contribution in [0.3, 0.4) is 0 Å². The Kier molecular flexibility index (Phi) is 8.62. The Balaban J connectivity index is 2.30. The number of rotatable bonds is 10. The molecular weight excluding hydrogens is 388 g/mol. The number of benzene rings is 2. The highest BCUT2D eigenvalue weighted by Gasteiger charge is 2.50. The fourth-order valence-corrected chi connectivity index (χ4v) is 8.78. The van der Waals surface area contributed by atoms with E-state index in [0.717, 1.165) is 0 Å². The molecule has 0 saturated carbocycles. The van der Waals surface area contributed by atoms with Crippen molar-refractivity contribution in [3.63, 3.8) is 0 Å². The van der Waals surface area contributed by atoms with Crippen LogP contribution in [0.2, 0.25) is 5.04 Å². The van der Waals surface area contributed by atoms with Crippen LogP contribution in [-0.2, 0) is 4.43 Å². The summed E-state index contributed by atoms with van der Waals surface area (Å²) >= 11 is 0. The van der Waals surface area contributed by atoms with Gasteiger partial charge in [0.15, 0.2) is 0 Å².